The van der Waals surface area contributed by atoms with Gasteiger partial charge in [0.25, 0.3) is 5.01 Å². The van der Waals surface area contributed by atoms with Gasteiger partial charge in [0, 0.05) is 33.3 Å². The average molecular weight is 581 g/mol. The highest BCUT2D eigenvalue weighted by atomic mass is 35.5. The summed E-state index contributed by atoms with van der Waals surface area (Å²) in [6.45, 7) is 0.415. The van der Waals surface area contributed by atoms with Crippen molar-refractivity contribution in [2.75, 3.05) is 17.2 Å². The van der Waals surface area contributed by atoms with Gasteiger partial charge in [-0.25, -0.2) is 16.8 Å². The van der Waals surface area contributed by atoms with Crippen molar-refractivity contribution in [3.05, 3.63) is 56.5 Å². The predicted octanol–water partition coefficient (Wildman–Crippen LogP) is 4.23. The van der Waals surface area contributed by atoms with E-state index in [1.54, 1.807) is 36.4 Å². The molecule has 1 aliphatic rings. The fraction of sp³-hybridized carbons (Fsp3) is 0.250. The van der Waals surface area contributed by atoms with E-state index >= 15 is 0 Å². The monoisotopic (exact) mass is 579 g/mol. The highest BCUT2D eigenvalue weighted by molar-refractivity contribution is 8.04. The molecule has 0 atom stereocenters. The zero-order valence-corrected chi connectivity index (χ0v) is 22.1. The lowest BCUT2D eigenvalue weighted by molar-refractivity contribution is -0.649. The molecular weight excluding hydrogens is 563 g/mol. The Balaban J connectivity index is 1.74. The molecule has 0 bridgehead atoms. The number of unbranched alkanes of at least 4 members (excludes halogenated alkanes) is 1. The second kappa shape index (κ2) is 9.94. The largest absolute Gasteiger partial charge is 0.748 e. The quantitative estimate of drug-likeness (QED) is 0.221. The van der Waals surface area contributed by atoms with Crippen molar-refractivity contribution < 1.29 is 30.5 Å². The zero-order valence-electron chi connectivity index (χ0n) is 17.3. The topological polar surface area (TPSA) is 122 Å². The molecule has 34 heavy (non-hydrogen) atoms. The van der Waals surface area contributed by atoms with Crippen molar-refractivity contribution in [3.8, 4) is 0 Å². The van der Waals surface area contributed by atoms with Crippen LogP contribution in [0.25, 0.3) is 16.3 Å². The first kappa shape index (κ1) is 25.7. The van der Waals surface area contributed by atoms with Crippen LogP contribution in [0.5, 0.6) is 0 Å². The number of halogens is 2. The predicted molar refractivity (Wildman–Crippen MR) is 133 cm³/mol. The number of anilines is 1. The van der Waals surface area contributed by atoms with Crippen molar-refractivity contribution in [2.45, 2.75) is 23.6 Å². The number of nitrogens with zero attached hydrogens (tertiary/aromatic N) is 2. The van der Waals surface area contributed by atoms with Crippen molar-refractivity contribution in [1.82, 2.24) is 0 Å². The van der Waals surface area contributed by atoms with E-state index in [1.165, 1.54) is 27.7 Å². The summed E-state index contributed by atoms with van der Waals surface area (Å²) in [7, 11) is -8.89. The molecule has 1 aromatic heterocycles. The number of benzene rings is 2. The second-order valence-corrected chi connectivity index (χ2v) is 13.4. The van der Waals surface area contributed by atoms with E-state index in [0.29, 0.717) is 33.5 Å². The number of thioether (sulfide) groups is 1. The molecule has 1 aliphatic heterocycles. The molecule has 0 saturated carbocycles. The van der Waals surface area contributed by atoms with Gasteiger partial charge in [0.15, 0.2) is 10.1 Å². The van der Waals surface area contributed by atoms with Crippen molar-refractivity contribution in [3.63, 3.8) is 0 Å². The third-order valence-electron chi connectivity index (χ3n) is 4.94. The van der Waals surface area contributed by atoms with Gasteiger partial charge in [-0.05, 0) is 43.2 Å². The minimum atomic E-state index is -4.59. The van der Waals surface area contributed by atoms with E-state index in [-0.39, 0.29) is 6.42 Å². The van der Waals surface area contributed by atoms with Gasteiger partial charge in [0.05, 0.1) is 26.9 Å². The van der Waals surface area contributed by atoms with Crippen molar-refractivity contribution in [2.24, 2.45) is 0 Å². The van der Waals surface area contributed by atoms with Gasteiger partial charge in [-0.1, -0.05) is 46.3 Å². The number of hydrogen-bond donors (Lipinski definition) is 0. The van der Waals surface area contributed by atoms with Crippen LogP contribution in [0.3, 0.4) is 0 Å². The highest BCUT2D eigenvalue weighted by Gasteiger charge is 2.29. The van der Waals surface area contributed by atoms with E-state index in [1.807, 2.05) is 11.0 Å². The van der Waals surface area contributed by atoms with Gasteiger partial charge in [0.1, 0.15) is 4.70 Å². The summed E-state index contributed by atoms with van der Waals surface area (Å²) in [4.78, 5) is 2.86. The van der Waals surface area contributed by atoms with Crippen LogP contribution in [0.2, 0.25) is 10.0 Å². The van der Waals surface area contributed by atoms with E-state index < -0.39 is 31.9 Å². The van der Waals surface area contributed by atoms with Crippen LogP contribution >= 0.6 is 46.3 Å². The van der Waals surface area contributed by atoms with Gasteiger partial charge < -0.3 is 14.0 Å². The van der Waals surface area contributed by atoms with E-state index in [4.69, 9.17) is 23.2 Å². The first-order valence-electron chi connectivity index (χ1n) is 9.85. The number of thiazole rings is 1. The standard InChI is InChI=1S/C20H18Cl2N2O6S4/c21-13-3-5-17-15(9-13)23(7-1-2-8-33(25,26)27)19(31-17)11-20-24(12-34(28,29)30)16-10-14(22)4-6-18(16)32-20/h3-6,9-11H,1-2,7-8,12H2,(H-,25,26,27,28,29,30)/p-1. The van der Waals surface area contributed by atoms with Crippen LogP contribution in [-0.4, -0.2) is 38.2 Å². The lowest BCUT2D eigenvalue weighted by atomic mass is 10.2. The van der Waals surface area contributed by atoms with Crippen molar-refractivity contribution >= 4 is 88.5 Å². The minimum absolute atomic E-state index is 0.200. The third kappa shape index (κ3) is 6.24. The molecule has 0 saturated heterocycles. The Labute approximate surface area is 215 Å². The molecule has 14 heteroatoms. The Kier molecular flexibility index (Phi) is 7.51. The molecule has 182 valence electrons. The van der Waals surface area contributed by atoms with E-state index in [0.717, 1.165) is 20.3 Å². The fourth-order valence-corrected chi connectivity index (χ4v) is 7.36. The Hall–Kier alpha value is -1.38. The molecule has 0 amide bonds. The molecule has 2 heterocycles. The zero-order chi connectivity index (χ0) is 24.7. The van der Waals surface area contributed by atoms with Crippen LogP contribution in [-0.2, 0) is 26.1 Å². The lowest BCUT2D eigenvalue weighted by Gasteiger charge is -2.20. The molecule has 4 rings (SSSR count). The molecular formula is C20H17Cl2N2O6S4-. The molecule has 0 radical (unpaired) electrons. The van der Waals surface area contributed by atoms with Gasteiger partial charge >= 0.3 is 0 Å². The van der Waals surface area contributed by atoms with Crippen LogP contribution in [0.4, 0.5) is 5.69 Å². The maximum Gasteiger partial charge on any atom is 0.266 e. The maximum absolute atomic E-state index is 11.6. The molecule has 2 aromatic carbocycles. The summed E-state index contributed by atoms with van der Waals surface area (Å²) in [5.74, 6) is -1.20. The van der Waals surface area contributed by atoms with Gasteiger partial charge in [-0.3, -0.25) is 0 Å². The number of aromatic nitrogens is 1. The lowest BCUT2D eigenvalue weighted by Crippen LogP contribution is -2.39. The number of fused-ring (bicyclic) bond motifs is 2. The summed E-state index contributed by atoms with van der Waals surface area (Å²) in [6.07, 6.45) is 2.42. The summed E-state index contributed by atoms with van der Waals surface area (Å²) in [6, 6.07) is 10.5. The minimum Gasteiger partial charge on any atom is -0.748 e. The van der Waals surface area contributed by atoms with E-state index in [9.17, 15) is 25.9 Å². The van der Waals surface area contributed by atoms with Gasteiger partial charge in [-0.2, -0.15) is 4.57 Å². The molecule has 8 nitrogen and oxygen atoms in total. The Morgan fingerprint density at radius 1 is 0.971 bits per heavy atom. The van der Waals surface area contributed by atoms with Crippen LogP contribution in [0.15, 0.2) is 46.3 Å². The molecule has 0 fully saturated rings. The summed E-state index contributed by atoms with van der Waals surface area (Å²) in [5.41, 5.74) is 1.35. The third-order valence-corrected chi connectivity index (χ3v) is 9.00. The molecule has 0 N–H and O–H groups in total. The second-order valence-electron chi connectivity index (χ2n) is 7.48. The first-order valence-corrected chi connectivity index (χ1v) is 15.4. The fourth-order valence-electron chi connectivity index (χ4n) is 3.54. The maximum atomic E-state index is 11.6. The van der Waals surface area contributed by atoms with Crippen LogP contribution in [0.1, 0.15) is 17.8 Å². The van der Waals surface area contributed by atoms with Crippen molar-refractivity contribution in [1.29, 1.82) is 0 Å². The molecule has 0 unspecified atom stereocenters. The van der Waals surface area contributed by atoms with Crippen LogP contribution in [0, 0.1) is 0 Å². The number of hydrogen-bond acceptors (Lipinski definition) is 9. The molecule has 0 aliphatic carbocycles. The van der Waals surface area contributed by atoms with Gasteiger partial charge in [-0.15, -0.1) is 0 Å². The summed E-state index contributed by atoms with van der Waals surface area (Å²) in [5, 5.41) is 2.22. The molecule has 0 spiro atoms. The summed E-state index contributed by atoms with van der Waals surface area (Å²) >= 11 is 15.0. The first-order chi connectivity index (χ1) is 15.9. The SMILES string of the molecule is O=S(=O)([O-])CCCCN1C(=Cc2sc3ccc(Cl)cc3[n+]2CS(=O)(=O)[O-])Sc2ccc(Cl)cc21. The average Bonchev–Trinajstić information content (AvgIpc) is 3.21. The summed E-state index contributed by atoms with van der Waals surface area (Å²) < 4.78 is 69.9. The smallest absolute Gasteiger partial charge is 0.266 e. The van der Waals surface area contributed by atoms with Crippen LogP contribution < -0.4 is 9.47 Å². The molecule has 3 aromatic rings. The van der Waals surface area contributed by atoms with E-state index in [2.05, 4.69) is 0 Å². The Morgan fingerprint density at radius 3 is 2.38 bits per heavy atom. The Bertz CT molecular complexity index is 1500. The van der Waals surface area contributed by atoms with Gasteiger partial charge in [0.2, 0.25) is 11.4 Å². The number of rotatable bonds is 8. The Morgan fingerprint density at radius 2 is 1.68 bits per heavy atom. The highest BCUT2D eigenvalue weighted by Crippen LogP contribution is 2.48. The normalized spacial score (nSPS) is 15.4.